The Morgan fingerprint density at radius 2 is 2.14 bits per heavy atom. The third kappa shape index (κ3) is 4.06. The Bertz CT molecular complexity index is 925. The molecule has 2 aliphatic rings. The number of aromatic amines is 1. The molecule has 1 atom stereocenters. The number of rotatable bonds is 4. The van der Waals surface area contributed by atoms with E-state index in [-0.39, 0.29) is 28.7 Å². The second-order valence-electron chi connectivity index (χ2n) is 8.16. The van der Waals surface area contributed by atoms with Gasteiger partial charge in [0.2, 0.25) is 5.91 Å². The summed E-state index contributed by atoms with van der Waals surface area (Å²) >= 11 is 0. The maximum atomic E-state index is 13.0. The van der Waals surface area contributed by atoms with Crippen molar-refractivity contribution in [3.05, 3.63) is 47.5 Å². The smallest absolute Gasteiger partial charge is 0.271 e. The topological polar surface area (TPSA) is 99.3 Å². The monoisotopic (exact) mass is 395 g/mol. The number of pyridine rings is 1. The maximum absolute atomic E-state index is 13.0. The summed E-state index contributed by atoms with van der Waals surface area (Å²) < 4.78 is 0. The van der Waals surface area contributed by atoms with Crippen molar-refractivity contribution in [2.75, 3.05) is 19.6 Å². The number of H-pyrrole nitrogens is 1. The summed E-state index contributed by atoms with van der Waals surface area (Å²) in [6.07, 6.45) is 6.70. The number of aromatic nitrogens is 3. The lowest BCUT2D eigenvalue weighted by atomic mass is 9.73. The number of nitrogens with zero attached hydrogens (tertiary/aromatic N) is 4. The van der Waals surface area contributed by atoms with E-state index >= 15 is 0 Å². The highest BCUT2D eigenvalue weighted by Gasteiger charge is 2.43. The molecule has 2 aromatic heterocycles. The van der Waals surface area contributed by atoms with Crippen molar-refractivity contribution in [1.82, 2.24) is 25.0 Å². The number of Topliss-reactive ketones (excluding diaryl/α,β-unsaturated/α-hetero) is 1. The molecule has 2 saturated heterocycles. The predicted octanol–water partition coefficient (Wildman–Crippen LogP) is 2.05. The van der Waals surface area contributed by atoms with Gasteiger partial charge in [-0.3, -0.25) is 24.5 Å². The highest BCUT2D eigenvalue weighted by Crippen LogP contribution is 2.39. The minimum absolute atomic E-state index is 0.0898. The van der Waals surface area contributed by atoms with E-state index in [1.54, 1.807) is 12.4 Å². The minimum Gasteiger partial charge on any atom is -0.338 e. The van der Waals surface area contributed by atoms with Crippen molar-refractivity contribution in [2.45, 2.75) is 39.2 Å². The van der Waals surface area contributed by atoms with Crippen LogP contribution in [0, 0.1) is 5.41 Å². The highest BCUT2D eigenvalue weighted by molar-refractivity contribution is 5.97. The molecule has 8 nitrogen and oxygen atoms in total. The lowest BCUT2D eigenvalue weighted by Crippen LogP contribution is -2.54. The van der Waals surface area contributed by atoms with Crippen LogP contribution in [0.15, 0.2) is 30.6 Å². The van der Waals surface area contributed by atoms with Crippen LogP contribution in [0.25, 0.3) is 0 Å². The molecule has 2 fully saturated rings. The maximum Gasteiger partial charge on any atom is 0.271 e. The Hall–Kier alpha value is -3.03. The van der Waals surface area contributed by atoms with E-state index in [4.69, 9.17) is 0 Å². The van der Waals surface area contributed by atoms with Crippen LogP contribution >= 0.6 is 0 Å². The Balaban J connectivity index is 1.47. The summed E-state index contributed by atoms with van der Waals surface area (Å²) in [6.45, 7) is 3.90. The number of hydrogen-bond donors (Lipinski definition) is 1. The Kier molecular flexibility index (Phi) is 5.17. The van der Waals surface area contributed by atoms with Crippen molar-refractivity contribution in [1.29, 1.82) is 0 Å². The number of nitrogens with one attached hydrogen (secondary N) is 1. The van der Waals surface area contributed by atoms with Gasteiger partial charge in [0.25, 0.3) is 5.91 Å². The lowest BCUT2D eigenvalue weighted by molar-refractivity contribution is -0.139. The largest absolute Gasteiger partial charge is 0.338 e. The number of carbonyl (C=O) groups excluding carboxylic acids is 3. The van der Waals surface area contributed by atoms with Crippen molar-refractivity contribution in [3.63, 3.8) is 0 Å². The Morgan fingerprint density at radius 3 is 2.86 bits per heavy atom. The van der Waals surface area contributed by atoms with Gasteiger partial charge in [-0.1, -0.05) is 6.07 Å². The number of carbonyl (C=O) groups is 3. The molecule has 0 saturated carbocycles. The summed E-state index contributed by atoms with van der Waals surface area (Å²) in [4.78, 5) is 44.8. The normalized spacial score (nSPS) is 22.2. The Morgan fingerprint density at radius 1 is 1.28 bits per heavy atom. The van der Waals surface area contributed by atoms with Crippen LogP contribution in [0.1, 0.15) is 59.1 Å². The summed E-state index contributed by atoms with van der Waals surface area (Å²) in [5.41, 5.74) is 1.53. The third-order valence-corrected chi connectivity index (χ3v) is 5.96. The van der Waals surface area contributed by atoms with E-state index in [1.807, 2.05) is 21.9 Å². The second kappa shape index (κ2) is 7.77. The van der Waals surface area contributed by atoms with Crippen LogP contribution in [0.3, 0.4) is 0 Å². The van der Waals surface area contributed by atoms with Crippen LogP contribution in [-0.4, -0.2) is 62.2 Å². The Labute approximate surface area is 169 Å². The molecule has 1 unspecified atom stereocenters. The van der Waals surface area contributed by atoms with Gasteiger partial charge in [0.05, 0.1) is 0 Å². The van der Waals surface area contributed by atoms with Crippen molar-refractivity contribution in [2.24, 2.45) is 5.41 Å². The lowest BCUT2D eigenvalue weighted by Gasteiger charge is -2.48. The minimum atomic E-state index is -0.174. The summed E-state index contributed by atoms with van der Waals surface area (Å²) in [5.74, 6) is -0.158. The zero-order chi connectivity index (χ0) is 20.4. The molecule has 2 amide bonds. The number of ketones is 1. The van der Waals surface area contributed by atoms with Gasteiger partial charge in [0.1, 0.15) is 11.4 Å². The average Bonchev–Trinajstić information content (AvgIpc) is 3.22. The van der Waals surface area contributed by atoms with Gasteiger partial charge >= 0.3 is 0 Å². The molecule has 4 heterocycles. The molecule has 1 N–H and O–H groups in total. The van der Waals surface area contributed by atoms with Gasteiger partial charge in [-0.05, 0) is 37.0 Å². The molecule has 29 heavy (non-hydrogen) atoms. The fourth-order valence-electron chi connectivity index (χ4n) is 4.45. The van der Waals surface area contributed by atoms with Gasteiger partial charge in [0.15, 0.2) is 5.78 Å². The van der Waals surface area contributed by atoms with Crippen LogP contribution in [-0.2, 0) is 11.3 Å². The molecular formula is C21H25N5O3. The first-order chi connectivity index (χ1) is 14.0. The first-order valence-electron chi connectivity index (χ1n) is 9.98. The molecule has 0 bridgehead atoms. The van der Waals surface area contributed by atoms with Crippen LogP contribution in [0.4, 0.5) is 0 Å². The standard InChI is InChI=1S/C21H25N5O3/c1-15(27)17-10-18(24-23-17)20(29)25-9-3-6-21(13-25)7-5-19(28)26(14-21)12-16-4-2-8-22-11-16/h2,4,8,10-11H,3,5-7,9,12-14H2,1H3,(H,23,24). The quantitative estimate of drug-likeness (QED) is 0.799. The zero-order valence-electron chi connectivity index (χ0n) is 16.6. The molecule has 152 valence electrons. The molecule has 4 rings (SSSR count). The number of amides is 2. The van der Waals surface area contributed by atoms with Gasteiger partial charge < -0.3 is 9.80 Å². The molecule has 8 heteroatoms. The molecule has 1 spiro atoms. The van der Waals surface area contributed by atoms with E-state index < -0.39 is 0 Å². The van der Waals surface area contributed by atoms with Crippen molar-refractivity contribution >= 4 is 17.6 Å². The summed E-state index contributed by atoms with van der Waals surface area (Å²) in [7, 11) is 0. The first-order valence-corrected chi connectivity index (χ1v) is 9.98. The van der Waals surface area contributed by atoms with Crippen LogP contribution < -0.4 is 0 Å². The van der Waals surface area contributed by atoms with Gasteiger partial charge in [-0.15, -0.1) is 0 Å². The molecule has 0 aromatic carbocycles. The molecule has 0 aliphatic carbocycles. The fourth-order valence-corrected chi connectivity index (χ4v) is 4.45. The highest BCUT2D eigenvalue weighted by atomic mass is 16.2. The third-order valence-electron chi connectivity index (χ3n) is 5.96. The fraction of sp³-hybridized carbons (Fsp3) is 0.476. The van der Waals surface area contributed by atoms with E-state index in [2.05, 4.69) is 15.2 Å². The first kappa shape index (κ1) is 19.3. The number of likely N-dealkylation sites (tertiary alicyclic amines) is 2. The summed E-state index contributed by atoms with van der Waals surface area (Å²) in [6, 6.07) is 5.37. The van der Waals surface area contributed by atoms with E-state index in [9.17, 15) is 14.4 Å². The zero-order valence-corrected chi connectivity index (χ0v) is 16.6. The molecule has 0 radical (unpaired) electrons. The van der Waals surface area contributed by atoms with Crippen LogP contribution in [0.2, 0.25) is 0 Å². The van der Waals surface area contributed by atoms with E-state index in [0.717, 1.165) is 24.8 Å². The van der Waals surface area contributed by atoms with Gasteiger partial charge in [-0.25, -0.2) is 0 Å². The SMILES string of the molecule is CC(=O)c1cc(C(=O)N2CCCC3(CCC(=O)N(Cc4cccnc4)C3)C2)[nH]n1. The van der Waals surface area contributed by atoms with E-state index in [1.165, 1.54) is 13.0 Å². The second-order valence-corrected chi connectivity index (χ2v) is 8.16. The van der Waals surface area contributed by atoms with Gasteiger partial charge in [-0.2, -0.15) is 5.10 Å². The summed E-state index contributed by atoms with van der Waals surface area (Å²) in [5, 5.41) is 6.61. The number of piperidine rings is 2. The predicted molar refractivity (Wildman–Crippen MR) is 105 cm³/mol. The molecule has 2 aliphatic heterocycles. The van der Waals surface area contributed by atoms with Crippen molar-refractivity contribution in [3.8, 4) is 0 Å². The average molecular weight is 395 g/mol. The molecular weight excluding hydrogens is 370 g/mol. The number of hydrogen-bond acceptors (Lipinski definition) is 5. The van der Waals surface area contributed by atoms with E-state index in [0.29, 0.717) is 38.3 Å². The van der Waals surface area contributed by atoms with Gasteiger partial charge in [0, 0.05) is 57.3 Å². The molecule has 2 aromatic rings. The van der Waals surface area contributed by atoms with Crippen LogP contribution in [0.5, 0.6) is 0 Å². The van der Waals surface area contributed by atoms with Crippen molar-refractivity contribution < 1.29 is 14.4 Å².